The quantitative estimate of drug-likeness (QED) is 0.0551. The number of fused-ring (bicyclic) bond motifs is 1. The van der Waals surface area contributed by atoms with E-state index in [1.54, 1.807) is 54.7 Å². The molecular weight excluding hydrogens is 847 g/mol. The second kappa shape index (κ2) is 20.7. The van der Waals surface area contributed by atoms with Crippen LogP contribution in [0.4, 0.5) is 33.4 Å². The van der Waals surface area contributed by atoms with Crippen molar-refractivity contribution in [2.45, 2.75) is 39.2 Å². The number of pyridine rings is 1. The Hall–Kier alpha value is -6.88. The highest BCUT2D eigenvalue weighted by atomic mass is 32.2. The molecule has 1 fully saturated rings. The van der Waals surface area contributed by atoms with Crippen molar-refractivity contribution in [2.75, 3.05) is 73.4 Å². The molecule has 16 heteroatoms. The van der Waals surface area contributed by atoms with Crippen LogP contribution < -0.4 is 40.2 Å². The number of ether oxygens (including phenoxy) is 4. The Bertz CT molecular complexity index is 2740. The van der Waals surface area contributed by atoms with Crippen molar-refractivity contribution in [1.82, 2.24) is 15.2 Å². The summed E-state index contributed by atoms with van der Waals surface area (Å²) < 4.78 is 50.7. The monoisotopic (exact) mass is 901 g/mol. The van der Waals surface area contributed by atoms with Gasteiger partial charge in [-0.15, -0.1) is 0 Å². The molecule has 2 heterocycles. The Kier molecular flexibility index (Phi) is 14.7. The maximum Gasteiger partial charge on any atom is 0.323 e. The third-order valence-electron chi connectivity index (χ3n) is 10.6. The topological polar surface area (TPSA) is 181 Å². The molecule has 1 saturated heterocycles. The van der Waals surface area contributed by atoms with Gasteiger partial charge < -0.3 is 40.2 Å². The molecule has 5 aromatic carbocycles. The molecule has 0 atom stereocenters. The van der Waals surface area contributed by atoms with Crippen molar-refractivity contribution in [3.63, 3.8) is 0 Å². The summed E-state index contributed by atoms with van der Waals surface area (Å²) in [6, 6.07) is 32.6. The molecule has 1 aromatic heterocycles. The van der Waals surface area contributed by atoms with Gasteiger partial charge in [-0.25, -0.2) is 18.2 Å². The van der Waals surface area contributed by atoms with E-state index in [1.165, 1.54) is 7.11 Å². The Balaban J connectivity index is 1.06. The number of sulfonamides is 1. The molecule has 6 aromatic rings. The molecule has 0 spiro atoms. The number of urea groups is 1. The number of aromatic nitrogens is 1. The van der Waals surface area contributed by atoms with Crippen molar-refractivity contribution >= 4 is 61.3 Å². The molecular formula is C49H55N7O8S. The number of carbonyl (C=O) groups is 2. The first-order valence-electron chi connectivity index (χ1n) is 21.3. The van der Waals surface area contributed by atoms with Gasteiger partial charge in [0, 0.05) is 54.4 Å². The van der Waals surface area contributed by atoms with E-state index >= 15 is 0 Å². The number of nitrogens with one attached hydrogen (secondary N) is 5. The maximum atomic E-state index is 13.6. The summed E-state index contributed by atoms with van der Waals surface area (Å²) in [5.41, 5.74) is 3.47. The minimum absolute atomic E-state index is 0.167. The largest absolute Gasteiger partial charge is 0.492 e. The molecule has 1 aliphatic rings. The fourth-order valence-electron chi connectivity index (χ4n) is 7.28. The van der Waals surface area contributed by atoms with Gasteiger partial charge in [-0.2, -0.15) is 0 Å². The summed E-state index contributed by atoms with van der Waals surface area (Å²) in [7, 11) is -2.24. The van der Waals surface area contributed by atoms with Crippen LogP contribution in [0.2, 0.25) is 0 Å². The fraction of sp³-hybridized carbons (Fsp3) is 0.286. The summed E-state index contributed by atoms with van der Waals surface area (Å²) >= 11 is 0. The van der Waals surface area contributed by atoms with Crippen LogP contribution in [0.15, 0.2) is 115 Å². The third kappa shape index (κ3) is 12.7. The minimum atomic E-state index is -3.65. The Labute approximate surface area is 379 Å². The number of hydrogen-bond acceptors (Lipinski definition) is 11. The van der Waals surface area contributed by atoms with Gasteiger partial charge >= 0.3 is 6.03 Å². The van der Waals surface area contributed by atoms with Crippen molar-refractivity contribution in [3.05, 3.63) is 132 Å². The van der Waals surface area contributed by atoms with Crippen LogP contribution in [0.5, 0.6) is 23.0 Å². The number of morpholine rings is 1. The van der Waals surface area contributed by atoms with Crippen LogP contribution in [0.3, 0.4) is 0 Å². The number of anilines is 5. The zero-order chi connectivity index (χ0) is 46.0. The number of nitrogens with zero attached hydrogens (tertiary/aromatic N) is 2. The van der Waals surface area contributed by atoms with Gasteiger partial charge in [0.05, 0.1) is 49.2 Å². The molecule has 15 nitrogen and oxygen atoms in total. The smallest absolute Gasteiger partial charge is 0.323 e. The van der Waals surface area contributed by atoms with Crippen LogP contribution in [0.25, 0.3) is 10.8 Å². The van der Waals surface area contributed by atoms with E-state index in [9.17, 15) is 18.0 Å². The molecule has 65 heavy (non-hydrogen) atoms. The lowest BCUT2D eigenvalue weighted by Gasteiger charge is -2.26. The Morgan fingerprint density at radius 1 is 0.815 bits per heavy atom. The number of hydrogen-bond donors (Lipinski definition) is 5. The molecule has 0 aliphatic carbocycles. The lowest BCUT2D eigenvalue weighted by Crippen LogP contribution is -2.38. The standard InChI is InChI=1S/C49H55N7O8S/c1-49(2,3)34-28-41(46(61-4)42(29-34)55-65(5,59)60)54-48(58)53-40-18-19-43(38-15-10-9-14-37(38)40)64-36-20-22-50-45(31-36)52-35-16-17-39(44(30-35)63-32-33-12-7-6-8-13-33)47(57)51-21-11-23-56-24-26-62-27-25-56/h6-10,12-20,22,28-31,55H,11,21,23-27,32H2,1-5H3,(H,50,52)(H,51,57)(H2,53,54,58). The molecule has 0 unspecified atom stereocenters. The normalized spacial score (nSPS) is 13.1. The van der Waals surface area contributed by atoms with Gasteiger partial charge in [0.15, 0.2) is 5.75 Å². The minimum Gasteiger partial charge on any atom is -0.492 e. The van der Waals surface area contributed by atoms with Crippen molar-refractivity contribution in [2.24, 2.45) is 0 Å². The number of amides is 3. The summed E-state index contributed by atoms with van der Waals surface area (Å²) in [5.74, 6) is 1.92. The SMILES string of the molecule is COc1c(NC(=O)Nc2ccc(Oc3ccnc(Nc4ccc(C(=O)NCCCN5CCOCC5)c(OCc5ccccc5)c4)c3)c3ccccc23)cc(C(C)(C)C)cc1NS(C)(=O)=O. The molecule has 1 aliphatic heterocycles. The van der Waals surface area contributed by atoms with Crippen LogP contribution in [-0.4, -0.2) is 83.0 Å². The second-order valence-corrected chi connectivity index (χ2v) is 18.4. The van der Waals surface area contributed by atoms with E-state index in [1.807, 2.05) is 81.4 Å². The molecule has 0 bridgehead atoms. The zero-order valence-corrected chi connectivity index (χ0v) is 38.0. The van der Waals surface area contributed by atoms with E-state index in [-0.39, 0.29) is 35.1 Å². The summed E-state index contributed by atoms with van der Waals surface area (Å²) in [6.45, 7) is 10.9. The van der Waals surface area contributed by atoms with Crippen molar-refractivity contribution in [1.29, 1.82) is 0 Å². The first-order valence-corrected chi connectivity index (χ1v) is 23.2. The highest BCUT2D eigenvalue weighted by Gasteiger charge is 2.23. The van der Waals surface area contributed by atoms with Gasteiger partial charge in [-0.3, -0.25) is 14.4 Å². The summed E-state index contributed by atoms with van der Waals surface area (Å²) in [6.07, 6.45) is 3.51. The van der Waals surface area contributed by atoms with E-state index in [0.717, 1.165) is 62.0 Å². The number of methoxy groups -OCH3 is 1. The highest BCUT2D eigenvalue weighted by Crippen LogP contribution is 2.40. The van der Waals surface area contributed by atoms with E-state index < -0.39 is 16.1 Å². The highest BCUT2D eigenvalue weighted by molar-refractivity contribution is 7.92. The van der Waals surface area contributed by atoms with E-state index in [0.29, 0.717) is 51.9 Å². The average molecular weight is 902 g/mol. The zero-order valence-electron chi connectivity index (χ0n) is 37.2. The first kappa shape index (κ1) is 46.1. The third-order valence-corrected chi connectivity index (χ3v) is 11.2. The predicted molar refractivity (Wildman–Crippen MR) is 256 cm³/mol. The van der Waals surface area contributed by atoms with Crippen LogP contribution in [-0.2, 0) is 26.8 Å². The predicted octanol–water partition coefficient (Wildman–Crippen LogP) is 9.12. The summed E-state index contributed by atoms with van der Waals surface area (Å²) in [5, 5.41) is 13.6. The average Bonchev–Trinajstić information content (AvgIpc) is 3.28. The fourth-order valence-corrected chi connectivity index (χ4v) is 7.83. The molecule has 340 valence electrons. The lowest BCUT2D eigenvalue weighted by molar-refractivity contribution is 0.0374. The number of rotatable bonds is 17. The van der Waals surface area contributed by atoms with Gasteiger partial charge in [-0.1, -0.05) is 75.4 Å². The van der Waals surface area contributed by atoms with E-state index in [2.05, 4.69) is 35.9 Å². The van der Waals surface area contributed by atoms with Crippen LogP contribution >= 0.6 is 0 Å². The van der Waals surface area contributed by atoms with Gasteiger partial charge in [-0.05, 0) is 72.0 Å². The molecule has 3 amide bonds. The van der Waals surface area contributed by atoms with Gasteiger partial charge in [0.2, 0.25) is 10.0 Å². The number of benzene rings is 5. The second-order valence-electron chi connectivity index (χ2n) is 16.6. The Morgan fingerprint density at radius 3 is 2.28 bits per heavy atom. The molecule has 0 saturated carbocycles. The molecule has 5 N–H and O–H groups in total. The maximum absolute atomic E-state index is 13.6. The van der Waals surface area contributed by atoms with Crippen LogP contribution in [0.1, 0.15) is 48.7 Å². The molecule has 7 rings (SSSR count). The van der Waals surface area contributed by atoms with E-state index in [4.69, 9.17) is 18.9 Å². The summed E-state index contributed by atoms with van der Waals surface area (Å²) in [4.78, 5) is 33.9. The Morgan fingerprint density at radius 2 is 1.54 bits per heavy atom. The van der Waals surface area contributed by atoms with Gasteiger partial charge in [0.25, 0.3) is 5.91 Å². The molecule has 0 radical (unpaired) electrons. The van der Waals surface area contributed by atoms with Gasteiger partial charge in [0.1, 0.15) is 29.7 Å². The lowest BCUT2D eigenvalue weighted by atomic mass is 9.86. The van der Waals surface area contributed by atoms with Crippen molar-refractivity contribution in [3.8, 4) is 23.0 Å². The van der Waals surface area contributed by atoms with Crippen LogP contribution in [0, 0.1) is 0 Å². The number of carbonyl (C=O) groups excluding carboxylic acids is 2. The van der Waals surface area contributed by atoms with Crippen molar-refractivity contribution < 1.29 is 37.0 Å². The first-order chi connectivity index (χ1) is 31.2.